The minimum absolute atomic E-state index is 0.447. The summed E-state index contributed by atoms with van der Waals surface area (Å²) >= 11 is 14.0. The third-order valence-corrected chi connectivity index (χ3v) is 5.02. The molecule has 0 radical (unpaired) electrons. The van der Waals surface area contributed by atoms with Crippen LogP contribution in [0, 0.1) is 0 Å². The summed E-state index contributed by atoms with van der Waals surface area (Å²) in [6.07, 6.45) is 0. The van der Waals surface area contributed by atoms with Crippen LogP contribution in [-0.2, 0) is 0 Å². The van der Waals surface area contributed by atoms with E-state index in [9.17, 15) is 0 Å². The summed E-state index contributed by atoms with van der Waals surface area (Å²) in [5.41, 5.74) is 6.83. The van der Waals surface area contributed by atoms with Crippen LogP contribution in [0.1, 0.15) is 0 Å². The van der Waals surface area contributed by atoms with E-state index in [0.29, 0.717) is 33.2 Å². The quantitative estimate of drug-likeness (QED) is 0.613. The molecule has 0 atom stereocenters. The molecular formula is C17H17Cl2N3OS. The van der Waals surface area contributed by atoms with Gasteiger partial charge in [-0.15, -0.1) is 0 Å². The number of rotatable bonds is 3. The highest BCUT2D eigenvalue weighted by molar-refractivity contribution is 7.99. The number of guanidine groups is 1. The first-order chi connectivity index (χ1) is 11.6. The van der Waals surface area contributed by atoms with Crippen LogP contribution in [0.25, 0.3) is 0 Å². The number of para-hydroxylation sites is 2. The van der Waals surface area contributed by atoms with E-state index in [1.165, 1.54) is 0 Å². The summed E-state index contributed by atoms with van der Waals surface area (Å²) < 4.78 is 5.91. The van der Waals surface area contributed by atoms with Gasteiger partial charge in [0.05, 0.1) is 5.02 Å². The Labute approximate surface area is 155 Å². The molecule has 2 aromatic carbocycles. The van der Waals surface area contributed by atoms with Gasteiger partial charge in [0.25, 0.3) is 0 Å². The predicted molar refractivity (Wildman–Crippen MR) is 103 cm³/mol. The number of aliphatic imine (C=N–C) groups is 1. The lowest BCUT2D eigenvalue weighted by Gasteiger charge is -2.27. The summed E-state index contributed by atoms with van der Waals surface area (Å²) in [6.45, 7) is 1.82. The maximum Gasteiger partial charge on any atom is 0.196 e. The molecule has 0 aliphatic carbocycles. The van der Waals surface area contributed by atoms with Crippen molar-refractivity contribution in [2.45, 2.75) is 0 Å². The molecule has 1 heterocycles. The van der Waals surface area contributed by atoms with E-state index in [-0.39, 0.29) is 0 Å². The van der Waals surface area contributed by atoms with Crippen molar-refractivity contribution in [3.63, 3.8) is 0 Å². The monoisotopic (exact) mass is 381 g/mol. The van der Waals surface area contributed by atoms with Crippen LogP contribution in [0.4, 0.5) is 5.69 Å². The zero-order valence-electron chi connectivity index (χ0n) is 12.9. The van der Waals surface area contributed by atoms with Gasteiger partial charge in [0, 0.05) is 29.6 Å². The Morgan fingerprint density at radius 1 is 1.08 bits per heavy atom. The number of benzene rings is 2. The van der Waals surface area contributed by atoms with E-state index in [4.69, 9.17) is 33.7 Å². The SMILES string of the molecule is NC(=Nc1ccccc1Oc1ccc(Cl)cc1Cl)N1CCSCC1. The molecule has 0 unspecified atom stereocenters. The first-order valence-corrected chi connectivity index (χ1v) is 9.43. The summed E-state index contributed by atoms with van der Waals surface area (Å²) in [5.74, 6) is 3.75. The molecule has 126 valence electrons. The Balaban J connectivity index is 1.84. The Bertz CT molecular complexity index is 748. The van der Waals surface area contributed by atoms with Crippen molar-refractivity contribution in [1.82, 2.24) is 4.90 Å². The van der Waals surface area contributed by atoms with Crippen molar-refractivity contribution in [1.29, 1.82) is 0 Å². The van der Waals surface area contributed by atoms with Gasteiger partial charge in [0.1, 0.15) is 11.4 Å². The lowest BCUT2D eigenvalue weighted by atomic mass is 10.3. The molecule has 0 aromatic heterocycles. The number of nitrogens with zero attached hydrogens (tertiary/aromatic N) is 2. The molecule has 0 saturated carbocycles. The lowest BCUT2D eigenvalue weighted by Crippen LogP contribution is -2.42. The fourth-order valence-corrected chi connectivity index (χ4v) is 3.65. The van der Waals surface area contributed by atoms with E-state index in [2.05, 4.69) is 9.89 Å². The van der Waals surface area contributed by atoms with Gasteiger partial charge in [-0.25, -0.2) is 4.99 Å². The van der Waals surface area contributed by atoms with E-state index in [1.807, 2.05) is 36.0 Å². The van der Waals surface area contributed by atoms with Gasteiger partial charge < -0.3 is 15.4 Å². The largest absolute Gasteiger partial charge is 0.454 e. The van der Waals surface area contributed by atoms with Crippen LogP contribution in [-0.4, -0.2) is 35.5 Å². The maximum atomic E-state index is 6.18. The average molecular weight is 382 g/mol. The number of nitrogens with two attached hydrogens (primary N) is 1. The van der Waals surface area contributed by atoms with Gasteiger partial charge in [-0.2, -0.15) is 11.8 Å². The molecule has 3 rings (SSSR count). The molecule has 24 heavy (non-hydrogen) atoms. The Hall–Kier alpha value is -1.56. The van der Waals surface area contributed by atoms with Gasteiger partial charge in [-0.3, -0.25) is 0 Å². The third-order valence-electron chi connectivity index (χ3n) is 3.55. The van der Waals surface area contributed by atoms with Crippen LogP contribution in [0.2, 0.25) is 10.0 Å². The fourth-order valence-electron chi connectivity index (χ4n) is 2.30. The van der Waals surface area contributed by atoms with Crippen LogP contribution in [0.3, 0.4) is 0 Å². The van der Waals surface area contributed by atoms with Gasteiger partial charge in [0.15, 0.2) is 11.7 Å². The molecule has 1 aliphatic rings. The van der Waals surface area contributed by atoms with E-state index >= 15 is 0 Å². The normalized spacial score (nSPS) is 15.4. The summed E-state index contributed by atoms with van der Waals surface area (Å²) in [6, 6.07) is 12.6. The molecule has 0 spiro atoms. The second-order valence-corrected chi connectivity index (χ2v) is 7.28. The zero-order chi connectivity index (χ0) is 16.9. The number of hydrogen-bond acceptors (Lipinski definition) is 3. The molecule has 1 fully saturated rings. The molecule has 2 aromatic rings. The molecule has 1 saturated heterocycles. The topological polar surface area (TPSA) is 50.9 Å². The Morgan fingerprint density at radius 3 is 2.58 bits per heavy atom. The van der Waals surface area contributed by atoms with Crippen molar-refractivity contribution in [2.24, 2.45) is 10.7 Å². The Kier molecular flexibility index (Phi) is 5.76. The predicted octanol–water partition coefficient (Wildman–Crippen LogP) is 4.78. The highest BCUT2D eigenvalue weighted by atomic mass is 35.5. The van der Waals surface area contributed by atoms with Crippen molar-refractivity contribution in [3.8, 4) is 11.5 Å². The summed E-state index contributed by atoms with van der Waals surface area (Å²) in [4.78, 5) is 6.63. The number of thioether (sulfide) groups is 1. The molecular weight excluding hydrogens is 365 g/mol. The Morgan fingerprint density at radius 2 is 1.83 bits per heavy atom. The highest BCUT2D eigenvalue weighted by Gasteiger charge is 2.14. The van der Waals surface area contributed by atoms with Crippen molar-refractivity contribution < 1.29 is 4.74 Å². The van der Waals surface area contributed by atoms with Gasteiger partial charge in [0.2, 0.25) is 0 Å². The van der Waals surface area contributed by atoms with Gasteiger partial charge >= 0.3 is 0 Å². The van der Waals surface area contributed by atoms with E-state index in [0.717, 1.165) is 24.6 Å². The molecule has 2 N–H and O–H groups in total. The van der Waals surface area contributed by atoms with E-state index in [1.54, 1.807) is 18.2 Å². The first kappa shape index (κ1) is 17.3. The second kappa shape index (κ2) is 8.01. The van der Waals surface area contributed by atoms with Crippen LogP contribution >= 0.6 is 35.0 Å². The number of ether oxygens (including phenoxy) is 1. The molecule has 1 aliphatic heterocycles. The van der Waals surface area contributed by atoms with Crippen LogP contribution < -0.4 is 10.5 Å². The second-order valence-electron chi connectivity index (χ2n) is 5.21. The van der Waals surface area contributed by atoms with E-state index < -0.39 is 0 Å². The fraction of sp³-hybridized carbons (Fsp3) is 0.235. The minimum Gasteiger partial charge on any atom is -0.454 e. The maximum absolute atomic E-state index is 6.18. The van der Waals surface area contributed by atoms with Crippen molar-refractivity contribution in [2.75, 3.05) is 24.6 Å². The van der Waals surface area contributed by atoms with Crippen molar-refractivity contribution in [3.05, 3.63) is 52.5 Å². The van der Waals surface area contributed by atoms with Gasteiger partial charge in [-0.1, -0.05) is 35.3 Å². The molecule has 7 heteroatoms. The standard InChI is InChI=1S/C17H17Cl2N3OS/c18-12-5-6-15(13(19)11-12)23-16-4-2-1-3-14(16)21-17(20)22-7-9-24-10-8-22/h1-6,11H,7-10H2,(H2,20,21). The highest BCUT2D eigenvalue weighted by Crippen LogP contribution is 2.36. The molecule has 4 nitrogen and oxygen atoms in total. The van der Waals surface area contributed by atoms with Crippen molar-refractivity contribution >= 4 is 46.6 Å². The van der Waals surface area contributed by atoms with Crippen LogP contribution in [0.15, 0.2) is 47.5 Å². The zero-order valence-corrected chi connectivity index (χ0v) is 15.2. The average Bonchev–Trinajstić information content (AvgIpc) is 2.59. The third kappa shape index (κ3) is 4.29. The summed E-state index contributed by atoms with van der Waals surface area (Å²) in [7, 11) is 0. The van der Waals surface area contributed by atoms with Gasteiger partial charge in [-0.05, 0) is 30.3 Å². The summed E-state index contributed by atoms with van der Waals surface area (Å²) in [5, 5.41) is 1.01. The van der Waals surface area contributed by atoms with Crippen LogP contribution in [0.5, 0.6) is 11.5 Å². The minimum atomic E-state index is 0.447. The molecule has 0 amide bonds. The smallest absolute Gasteiger partial charge is 0.196 e. The number of hydrogen-bond donors (Lipinski definition) is 1. The first-order valence-electron chi connectivity index (χ1n) is 7.52. The lowest BCUT2D eigenvalue weighted by molar-refractivity contribution is 0.457. The molecule has 0 bridgehead atoms. The number of halogens is 2.